The van der Waals surface area contributed by atoms with Crippen LogP contribution >= 0.6 is 0 Å². The van der Waals surface area contributed by atoms with E-state index in [0.29, 0.717) is 5.41 Å². The van der Waals surface area contributed by atoms with Crippen LogP contribution in [0.5, 0.6) is 0 Å². The van der Waals surface area contributed by atoms with Gasteiger partial charge < -0.3 is 0 Å². The summed E-state index contributed by atoms with van der Waals surface area (Å²) in [5.74, 6) is 2.59. The Kier molecular flexibility index (Phi) is 5.80. The fourth-order valence-electron chi connectivity index (χ4n) is 8.64. The number of fused-ring (bicyclic) bond motifs is 3. The number of hydrogen-bond acceptors (Lipinski definition) is 1. The van der Waals surface area contributed by atoms with Crippen LogP contribution in [0.3, 0.4) is 0 Å². The third-order valence-electron chi connectivity index (χ3n) is 9.78. The van der Waals surface area contributed by atoms with E-state index in [2.05, 4.69) is 43.0 Å². The number of hydrogen-bond donors (Lipinski definition) is 0. The largest absolute Gasteiger partial charge is 0.296 e. The molecule has 1 aromatic rings. The van der Waals surface area contributed by atoms with Crippen molar-refractivity contribution >= 4 is 0 Å². The predicted octanol–water partition coefficient (Wildman–Crippen LogP) is 7.66. The first-order valence-electron chi connectivity index (χ1n) is 13.1. The third-order valence-corrected chi connectivity index (χ3v) is 9.78. The first-order chi connectivity index (χ1) is 14.3. The van der Waals surface area contributed by atoms with Crippen LogP contribution in [0.15, 0.2) is 24.3 Å². The van der Waals surface area contributed by atoms with Crippen molar-refractivity contribution in [1.29, 1.82) is 0 Å². The molecule has 0 radical (unpaired) electrons. The Bertz CT molecular complexity index is 677. The second-order valence-corrected chi connectivity index (χ2v) is 10.8. The second-order valence-electron chi connectivity index (χ2n) is 10.8. The zero-order valence-corrected chi connectivity index (χ0v) is 19.0. The van der Waals surface area contributed by atoms with E-state index in [1.165, 1.54) is 90.0 Å². The summed E-state index contributed by atoms with van der Waals surface area (Å²) in [4.78, 5) is 3.05. The standard InChI is InChI=1S/C28H43N/c1-3-22(4-2)29-20-12-17-25-23-15-8-9-16-24(23)26(27(25)29)28(18-10-5-11-19-28)21-13-6-7-14-21/h8-9,15-16,21-22,25-27H,3-7,10-14,17-20H2,1-2H3. The van der Waals surface area contributed by atoms with Crippen molar-refractivity contribution in [1.82, 2.24) is 4.90 Å². The number of piperidine rings is 1. The van der Waals surface area contributed by atoms with Gasteiger partial charge in [0.15, 0.2) is 0 Å². The molecule has 3 fully saturated rings. The summed E-state index contributed by atoms with van der Waals surface area (Å²) in [6, 6.07) is 11.3. The average Bonchev–Trinajstić information content (AvgIpc) is 3.43. The Balaban J connectivity index is 1.63. The molecule has 1 heteroatoms. The van der Waals surface area contributed by atoms with E-state index >= 15 is 0 Å². The van der Waals surface area contributed by atoms with Crippen LogP contribution in [0, 0.1) is 11.3 Å². The lowest BCUT2D eigenvalue weighted by atomic mass is 9.55. The molecule has 0 spiro atoms. The predicted molar refractivity (Wildman–Crippen MR) is 123 cm³/mol. The summed E-state index contributed by atoms with van der Waals surface area (Å²) in [5.41, 5.74) is 4.13. The van der Waals surface area contributed by atoms with E-state index in [4.69, 9.17) is 0 Å². The first-order valence-corrected chi connectivity index (χ1v) is 13.1. The molecule has 0 N–H and O–H groups in total. The average molecular weight is 394 g/mol. The van der Waals surface area contributed by atoms with E-state index in [1.54, 1.807) is 11.1 Å². The van der Waals surface area contributed by atoms with Crippen molar-refractivity contribution in [3.63, 3.8) is 0 Å². The van der Waals surface area contributed by atoms with Gasteiger partial charge in [0.05, 0.1) is 0 Å². The molecular weight excluding hydrogens is 350 g/mol. The van der Waals surface area contributed by atoms with Gasteiger partial charge in [0.2, 0.25) is 0 Å². The van der Waals surface area contributed by atoms with Crippen LogP contribution in [-0.2, 0) is 0 Å². The van der Waals surface area contributed by atoms with Crippen molar-refractivity contribution in [2.24, 2.45) is 11.3 Å². The molecule has 29 heavy (non-hydrogen) atoms. The maximum atomic E-state index is 3.05. The van der Waals surface area contributed by atoms with Crippen molar-refractivity contribution in [2.75, 3.05) is 6.54 Å². The lowest BCUT2D eigenvalue weighted by Crippen LogP contribution is -2.54. The van der Waals surface area contributed by atoms with Gasteiger partial charge in [-0.05, 0) is 80.4 Å². The number of rotatable bonds is 5. The van der Waals surface area contributed by atoms with Gasteiger partial charge in [-0.25, -0.2) is 0 Å². The maximum Gasteiger partial charge on any atom is 0.0241 e. The Morgan fingerprint density at radius 1 is 0.862 bits per heavy atom. The van der Waals surface area contributed by atoms with Gasteiger partial charge in [-0.15, -0.1) is 0 Å². The van der Waals surface area contributed by atoms with Crippen LogP contribution in [0.25, 0.3) is 0 Å². The second kappa shape index (κ2) is 8.37. The highest BCUT2D eigenvalue weighted by Gasteiger charge is 2.57. The van der Waals surface area contributed by atoms with Gasteiger partial charge in [-0.2, -0.15) is 0 Å². The minimum atomic E-state index is 0.589. The molecule has 3 atom stereocenters. The van der Waals surface area contributed by atoms with Gasteiger partial charge >= 0.3 is 0 Å². The molecule has 0 amide bonds. The first kappa shape index (κ1) is 20.1. The summed E-state index contributed by atoms with van der Waals surface area (Å²) in [7, 11) is 0. The normalized spacial score (nSPS) is 32.4. The topological polar surface area (TPSA) is 3.24 Å². The van der Waals surface area contributed by atoms with Crippen molar-refractivity contribution in [2.45, 2.75) is 121 Å². The number of nitrogens with zero attached hydrogens (tertiary/aromatic N) is 1. The van der Waals surface area contributed by atoms with Gasteiger partial charge in [-0.1, -0.05) is 70.2 Å². The lowest BCUT2D eigenvalue weighted by molar-refractivity contribution is -0.0147. The molecule has 1 nitrogen and oxygen atoms in total. The fourth-order valence-corrected chi connectivity index (χ4v) is 8.64. The van der Waals surface area contributed by atoms with Gasteiger partial charge in [0.1, 0.15) is 0 Å². The Morgan fingerprint density at radius 2 is 1.55 bits per heavy atom. The van der Waals surface area contributed by atoms with E-state index in [9.17, 15) is 0 Å². The van der Waals surface area contributed by atoms with E-state index in [-0.39, 0.29) is 0 Å². The number of likely N-dealkylation sites (tertiary alicyclic amines) is 1. The molecule has 1 saturated heterocycles. The van der Waals surface area contributed by atoms with E-state index < -0.39 is 0 Å². The summed E-state index contributed by atoms with van der Waals surface area (Å²) in [6.45, 7) is 6.21. The molecule has 1 aliphatic heterocycles. The molecule has 3 aliphatic carbocycles. The Labute approximate surface area is 179 Å². The molecule has 3 unspecified atom stereocenters. The molecule has 0 bridgehead atoms. The highest BCUT2D eigenvalue weighted by atomic mass is 15.2. The quantitative estimate of drug-likeness (QED) is 0.496. The Morgan fingerprint density at radius 3 is 2.24 bits per heavy atom. The van der Waals surface area contributed by atoms with Gasteiger partial charge in [-0.3, -0.25) is 4.90 Å². The summed E-state index contributed by atoms with van der Waals surface area (Å²) < 4.78 is 0. The summed E-state index contributed by atoms with van der Waals surface area (Å²) in [6.07, 6.45) is 18.9. The molecular formula is C28H43N. The summed E-state index contributed by atoms with van der Waals surface area (Å²) in [5, 5.41) is 0. The van der Waals surface area contributed by atoms with Gasteiger partial charge in [0, 0.05) is 23.9 Å². The smallest absolute Gasteiger partial charge is 0.0241 e. The zero-order chi connectivity index (χ0) is 19.8. The van der Waals surface area contributed by atoms with Crippen LogP contribution in [0.2, 0.25) is 0 Å². The third kappa shape index (κ3) is 3.22. The van der Waals surface area contributed by atoms with Crippen molar-refractivity contribution < 1.29 is 0 Å². The van der Waals surface area contributed by atoms with Crippen molar-refractivity contribution in [3.05, 3.63) is 35.4 Å². The SMILES string of the molecule is CCC(CC)N1CCCC2c3ccccc3C(C3(C4CCCC4)CCCCC3)C21. The molecule has 4 aliphatic rings. The fraction of sp³-hybridized carbons (Fsp3) is 0.786. The molecule has 1 aromatic carbocycles. The molecule has 160 valence electrons. The molecule has 0 aromatic heterocycles. The van der Waals surface area contributed by atoms with E-state index in [0.717, 1.165) is 29.8 Å². The zero-order valence-electron chi connectivity index (χ0n) is 19.0. The highest BCUT2D eigenvalue weighted by molar-refractivity contribution is 5.44. The van der Waals surface area contributed by atoms with Crippen molar-refractivity contribution in [3.8, 4) is 0 Å². The molecule has 1 heterocycles. The molecule has 5 rings (SSSR count). The van der Waals surface area contributed by atoms with Gasteiger partial charge in [0.25, 0.3) is 0 Å². The van der Waals surface area contributed by atoms with Crippen LogP contribution in [0.1, 0.15) is 120 Å². The summed E-state index contributed by atoms with van der Waals surface area (Å²) >= 11 is 0. The molecule has 2 saturated carbocycles. The maximum absolute atomic E-state index is 3.05. The number of benzene rings is 1. The minimum Gasteiger partial charge on any atom is -0.296 e. The monoisotopic (exact) mass is 393 g/mol. The van der Waals surface area contributed by atoms with E-state index in [1.807, 2.05) is 0 Å². The lowest BCUT2D eigenvalue weighted by Gasteiger charge is -2.54. The van der Waals surface area contributed by atoms with Crippen LogP contribution in [0.4, 0.5) is 0 Å². The van der Waals surface area contributed by atoms with Crippen LogP contribution in [-0.4, -0.2) is 23.5 Å². The minimum absolute atomic E-state index is 0.589. The van der Waals surface area contributed by atoms with Crippen LogP contribution < -0.4 is 0 Å². The highest BCUT2D eigenvalue weighted by Crippen LogP contribution is 2.64. The Hall–Kier alpha value is -0.820.